The Morgan fingerprint density at radius 3 is 2.29 bits per heavy atom. The lowest BCUT2D eigenvalue weighted by atomic mass is 9.93. The number of thiophene rings is 1. The van der Waals surface area contributed by atoms with Gasteiger partial charge in [-0.1, -0.05) is 58.0 Å². The van der Waals surface area contributed by atoms with Crippen molar-refractivity contribution in [3.63, 3.8) is 0 Å². The Bertz CT molecular complexity index is 1700. The quantitative estimate of drug-likeness (QED) is 0.254. The van der Waals surface area contributed by atoms with Crippen LogP contribution in [0.25, 0.3) is 54.0 Å². The third-order valence-electron chi connectivity index (χ3n) is 6.76. The second kappa shape index (κ2) is 8.31. The molecule has 0 spiro atoms. The standard InChI is InChI=1S/C31H28N2OS/c1-17(2)21-13-22(18(3)4)15-23(14-21)28-16-20-10-12-27(33-31(20)35-28)26-8-6-7-24-25-11-9-19(5)32-30(25)34-29(24)26/h6-18H,1-5H3. The van der Waals surface area contributed by atoms with Gasteiger partial charge in [0.05, 0.1) is 5.69 Å². The molecule has 2 aromatic carbocycles. The molecule has 174 valence electrons. The normalized spacial score (nSPS) is 12.1. The number of hydrogen-bond donors (Lipinski definition) is 0. The Morgan fingerprint density at radius 2 is 1.54 bits per heavy atom. The van der Waals surface area contributed by atoms with Gasteiger partial charge in [0.1, 0.15) is 10.4 Å². The molecule has 0 amide bonds. The number of pyridine rings is 2. The highest BCUT2D eigenvalue weighted by molar-refractivity contribution is 7.21. The van der Waals surface area contributed by atoms with E-state index in [0.29, 0.717) is 17.5 Å². The van der Waals surface area contributed by atoms with E-state index in [1.807, 2.05) is 13.0 Å². The van der Waals surface area contributed by atoms with Crippen LogP contribution >= 0.6 is 11.3 Å². The first-order chi connectivity index (χ1) is 16.9. The van der Waals surface area contributed by atoms with Crippen LogP contribution in [0.1, 0.15) is 56.4 Å². The fraction of sp³-hybridized carbons (Fsp3) is 0.226. The molecule has 0 radical (unpaired) electrons. The van der Waals surface area contributed by atoms with Gasteiger partial charge in [0.2, 0.25) is 5.71 Å². The zero-order chi connectivity index (χ0) is 24.3. The van der Waals surface area contributed by atoms with Crippen molar-refractivity contribution in [3.05, 3.63) is 83.6 Å². The van der Waals surface area contributed by atoms with E-state index in [0.717, 1.165) is 38.1 Å². The number of fused-ring (bicyclic) bond motifs is 4. The van der Waals surface area contributed by atoms with Crippen molar-refractivity contribution in [1.29, 1.82) is 0 Å². The van der Waals surface area contributed by atoms with Crippen LogP contribution in [0.2, 0.25) is 0 Å². The second-order valence-corrected chi connectivity index (χ2v) is 11.0. The van der Waals surface area contributed by atoms with Crippen LogP contribution in [0.4, 0.5) is 0 Å². The minimum absolute atomic E-state index is 0.495. The molecular weight excluding hydrogens is 448 g/mol. The summed E-state index contributed by atoms with van der Waals surface area (Å²) >= 11 is 1.76. The molecule has 0 saturated heterocycles. The maximum Gasteiger partial charge on any atom is 0.227 e. The predicted molar refractivity (Wildman–Crippen MR) is 148 cm³/mol. The van der Waals surface area contributed by atoms with Gasteiger partial charge in [0.25, 0.3) is 0 Å². The molecule has 6 rings (SSSR count). The van der Waals surface area contributed by atoms with Crippen LogP contribution in [0, 0.1) is 6.92 Å². The lowest BCUT2D eigenvalue weighted by molar-refractivity contribution is 0.653. The highest BCUT2D eigenvalue weighted by Gasteiger charge is 2.16. The van der Waals surface area contributed by atoms with Crippen molar-refractivity contribution < 1.29 is 4.42 Å². The van der Waals surface area contributed by atoms with Gasteiger partial charge in [-0.2, -0.15) is 0 Å². The molecule has 0 saturated carbocycles. The van der Waals surface area contributed by atoms with Gasteiger partial charge in [0.15, 0.2) is 0 Å². The largest absolute Gasteiger partial charge is 0.437 e. The SMILES string of the molecule is Cc1ccc2c(n1)oc1c(-c3ccc4cc(-c5cc(C(C)C)cc(C(C)C)c5)sc4n3)cccc12. The van der Waals surface area contributed by atoms with E-state index in [1.54, 1.807) is 11.3 Å². The lowest BCUT2D eigenvalue weighted by Gasteiger charge is -2.13. The second-order valence-electron chi connectivity index (χ2n) is 9.99. The van der Waals surface area contributed by atoms with E-state index in [2.05, 4.69) is 93.3 Å². The minimum Gasteiger partial charge on any atom is -0.437 e. The van der Waals surface area contributed by atoms with E-state index in [-0.39, 0.29) is 0 Å². The first-order valence-electron chi connectivity index (χ1n) is 12.2. The fourth-order valence-corrected chi connectivity index (χ4v) is 5.69. The van der Waals surface area contributed by atoms with Crippen LogP contribution < -0.4 is 0 Å². The topological polar surface area (TPSA) is 38.9 Å². The lowest BCUT2D eigenvalue weighted by Crippen LogP contribution is -1.94. The molecule has 4 aromatic heterocycles. The van der Waals surface area contributed by atoms with Gasteiger partial charge >= 0.3 is 0 Å². The molecule has 0 N–H and O–H groups in total. The highest BCUT2D eigenvalue weighted by Crippen LogP contribution is 2.39. The van der Waals surface area contributed by atoms with Crippen LogP contribution in [0.5, 0.6) is 0 Å². The molecule has 0 fully saturated rings. The van der Waals surface area contributed by atoms with Crippen LogP contribution in [0.3, 0.4) is 0 Å². The first kappa shape index (κ1) is 22.0. The number of furan rings is 1. The average Bonchev–Trinajstić information content (AvgIpc) is 3.44. The van der Waals surface area contributed by atoms with E-state index in [4.69, 9.17) is 9.40 Å². The Morgan fingerprint density at radius 1 is 0.771 bits per heavy atom. The van der Waals surface area contributed by atoms with Gasteiger partial charge in [0, 0.05) is 32.3 Å². The molecule has 4 heteroatoms. The molecule has 0 atom stereocenters. The molecule has 0 aliphatic heterocycles. The van der Waals surface area contributed by atoms with Crippen molar-refractivity contribution in [2.45, 2.75) is 46.5 Å². The Hall–Kier alpha value is -3.50. The maximum atomic E-state index is 6.23. The van der Waals surface area contributed by atoms with Gasteiger partial charge in [-0.15, -0.1) is 11.3 Å². The van der Waals surface area contributed by atoms with Crippen molar-refractivity contribution in [2.24, 2.45) is 0 Å². The molecular formula is C31H28N2OS. The van der Waals surface area contributed by atoms with Crippen LogP contribution in [0.15, 0.2) is 71.1 Å². The van der Waals surface area contributed by atoms with Crippen molar-refractivity contribution >= 4 is 43.6 Å². The number of hydrogen-bond acceptors (Lipinski definition) is 4. The number of nitrogens with zero attached hydrogens (tertiary/aromatic N) is 2. The molecule has 0 unspecified atom stereocenters. The Kier molecular flexibility index (Phi) is 5.23. The van der Waals surface area contributed by atoms with Crippen molar-refractivity contribution in [3.8, 4) is 21.7 Å². The Balaban J connectivity index is 1.48. The molecule has 35 heavy (non-hydrogen) atoms. The van der Waals surface area contributed by atoms with Gasteiger partial charge in [-0.05, 0) is 71.8 Å². The van der Waals surface area contributed by atoms with Crippen molar-refractivity contribution in [1.82, 2.24) is 9.97 Å². The minimum atomic E-state index is 0.495. The first-order valence-corrected chi connectivity index (χ1v) is 13.0. The zero-order valence-electron chi connectivity index (χ0n) is 20.7. The van der Waals surface area contributed by atoms with Gasteiger partial charge in [-0.25, -0.2) is 9.97 Å². The van der Waals surface area contributed by atoms with Crippen LogP contribution in [-0.2, 0) is 0 Å². The molecule has 0 aliphatic carbocycles. The number of aromatic nitrogens is 2. The summed E-state index contributed by atoms with van der Waals surface area (Å²) in [5.74, 6) is 0.989. The van der Waals surface area contributed by atoms with E-state index in [9.17, 15) is 0 Å². The van der Waals surface area contributed by atoms with Gasteiger partial charge < -0.3 is 4.42 Å². The average molecular weight is 477 g/mol. The van der Waals surface area contributed by atoms with Crippen LogP contribution in [-0.4, -0.2) is 9.97 Å². The summed E-state index contributed by atoms with van der Waals surface area (Å²) in [5, 5.41) is 3.28. The van der Waals surface area contributed by atoms with Gasteiger partial charge in [-0.3, -0.25) is 0 Å². The summed E-state index contributed by atoms with van der Waals surface area (Å²) in [7, 11) is 0. The third kappa shape index (κ3) is 3.82. The monoisotopic (exact) mass is 476 g/mol. The zero-order valence-corrected chi connectivity index (χ0v) is 21.5. The third-order valence-corrected chi connectivity index (χ3v) is 7.85. The summed E-state index contributed by atoms with van der Waals surface area (Å²) in [6.45, 7) is 11.0. The summed E-state index contributed by atoms with van der Waals surface area (Å²) < 4.78 is 6.23. The van der Waals surface area contributed by atoms with E-state index < -0.39 is 0 Å². The number of rotatable bonds is 4. The maximum absolute atomic E-state index is 6.23. The number of benzene rings is 2. The summed E-state index contributed by atoms with van der Waals surface area (Å²) in [5.41, 5.74) is 8.45. The molecule has 3 nitrogen and oxygen atoms in total. The fourth-order valence-electron chi connectivity index (χ4n) is 4.67. The smallest absolute Gasteiger partial charge is 0.227 e. The molecule has 0 bridgehead atoms. The predicted octanol–water partition coefficient (Wildman–Crippen LogP) is 9.48. The summed E-state index contributed by atoms with van der Waals surface area (Å²) in [4.78, 5) is 12.0. The highest BCUT2D eigenvalue weighted by atomic mass is 32.1. The molecule has 6 aromatic rings. The molecule has 4 heterocycles. The van der Waals surface area contributed by atoms with Crippen molar-refractivity contribution in [2.75, 3.05) is 0 Å². The van der Waals surface area contributed by atoms with E-state index >= 15 is 0 Å². The number of para-hydroxylation sites is 1. The molecule has 0 aliphatic rings. The summed E-state index contributed by atoms with van der Waals surface area (Å²) in [6.07, 6.45) is 0. The Labute approximate surface area is 209 Å². The number of aryl methyl sites for hydroxylation is 1. The van der Waals surface area contributed by atoms with E-state index in [1.165, 1.54) is 27.0 Å². The summed E-state index contributed by atoms with van der Waals surface area (Å²) in [6, 6.07) is 24.0.